The van der Waals surface area contributed by atoms with Crippen LogP contribution in [0.1, 0.15) is 0 Å². The van der Waals surface area contributed by atoms with E-state index in [0.29, 0.717) is 26.3 Å². The van der Waals surface area contributed by atoms with Crippen molar-refractivity contribution >= 4 is 97.1 Å². The van der Waals surface area contributed by atoms with Gasteiger partial charge in [-0.15, -0.1) is 0 Å². The summed E-state index contributed by atoms with van der Waals surface area (Å²) in [5.74, 6) is 0. The van der Waals surface area contributed by atoms with Crippen LogP contribution < -0.4 is 34.4 Å². The fraction of sp³-hybridized carbons (Fsp3) is 1.00. The normalized spacial score (nSPS) is 11.1. The van der Waals surface area contributed by atoms with Crippen molar-refractivity contribution in [3.8, 4) is 0 Å². The van der Waals surface area contributed by atoms with Gasteiger partial charge in [-0.05, 0) is 0 Å². The van der Waals surface area contributed by atoms with E-state index in [0.717, 1.165) is 78.5 Å². The summed E-state index contributed by atoms with van der Waals surface area (Å²) < 4.78 is 0. The fourth-order valence-corrected chi connectivity index (χ4v) is 12.1. The van der Waals surface area contributed by atoms with Crippen LogP contribution >= 0.6 is 16.8 Å². The van der Waals surface area contributed by atoms with Crippen molar-refractivity contribution in [3.63, 3.8) is 0 Å². The van der Waals surface area contributed by atoms with E-state index in [-0.39, 0.29) is 54.0 Å². The van der Waals surface area contributed by atoms with E-state index in [9.17, 15) is 0 Å². The van der Waals surface area contributed by atoms with Crippen LogP contribution in [0, 0.1) is 0 Å². The van der Waals surface area contributed by atoms with Gasteiger partial charge in [0.05, 0.1) is 26.2 Å². The van der Waals surface area contributed by atoms with E-state index < -0.39 is 0 Å². The molecule has 1 heterocycles. The van der Waals surface area contributed by atoms with Crippen LogP contribution in [0.15, 0.2) is 0 Å². The summed E-state index contributed by atoms with van der Waals surface area (Å²) in [4.78, 5) is 4.58. The molecule has 1 rings (SSSR count). The summed E-state index contributed by atoms with van der Waals surface area (Å²) >= 11 is 1.17. The summed E-state index contributed by atoms with van der Waals surface area (Å²) in [6, 6.07) is 0. The topological polar surface area (TPSA) is 169 Å². The van der Waals surface area contributed by atoms with E-state index in [1.807, 2.05) is 0 Å². The third-order valence-electron chi connectivity index (χ3n) is 2.95. The second-order valence-corrected chi connectivity index (χ2v) is 29.0. The van der Waals surface area contributed by atoms with Crippen LogP contribution in [0.5, 0.6) is 0 Å². The Bertz CT molecular complexity index is 192. The Labute approximate surface area is 218 Å². The predicted molar refractivity (Wildman–Crippen MR) is 144 cm³/mol. The Hall–Kier alpha value is 2.87. The number of hydrogen-bond donors (Lipinski definition) is 6. The minimum absolute atomic E-state index is 0. The van der Waals surface area contributed by atoms with Crippen molar-refractivity contribution in [2.45, 2.75) is 0 Å². The quantitative estimate of drug-likeness (QED) is 0.0687. The van der Waals surface area contributed by atoms with Gasteiger partial charge in [0.2, 0.25) is 0 Å². The number of hydrogen-bond acceptors (Lipinski definition) is 10. The minimum atomic E-state index is 0. The maximum atomic E-state index is 5.41. The molecule has 0 saturated carbocycles. The Morgan fingerprint density at radius 2 is 0.750 bits per heavy atom. The van der Waals surface area contributed by atoms with Gasteiger partial charge >= 0.3 is 43.1 Å². The Kier molecular flexibility index (Phi) is 64.0. The van der Waals surface area contributed by atoms with Crippen molar-refractivity contribution in [1.82, 2.24) is 9.80 Å². The molecule has 16 heteroatoms. The molecule has 0 unspecified atom stereocenters. The van der Waals surface area contributed by atoms with Gasteiger partial charge in [0, 0.05) is 52.4 Å². The van der Waals surface area contributed by atoms with Gasteiger partial charge in [-0.25, -0.2) is 0 Å². The zero-order chi connectivity index (χ0) is 18.5. The Balaban J connectivity index is -0.0000000642. The van der Waals surface area contributed by atoms with Gasteiger partial charge in [0.25, 0.3) is 0 Å². The van der Waals surface area contributed by atoms with Crippen molar-refractivity contribution in [2.24, 2.45) is 11.5 Å². The molecule has 0 aromatic carbocycles. The first-order valence-electron chi connectivity index (χ1n) is 8.53. The fourth-order valence-electron chi connectivity index (χ4n) is 1.97. The number of thiol groups is 4. The Morgan fingerprint density at radius 3 is 0.857 bits per heavy atom. The first-order chi connectivity index (χ1) is 11.7. The number of nitrogens with zero attached hydrogens (tertiary/aromatic N) is 2. The van der Waals surface area contributed by atoms with Gasteiger partial charge in [-0.2, -0.15) is 0 Å². The van der Waals surface area contributed by atoms with Crippen molar-refractivity contribution in [2.75, 3.05) is 78.5 Å². The monoisotopic (exact) mass is 640 g/mol. The molecule has 0 amide bonds. The summed E-state index contributed by atoms with van der Waals surface area (Å²) in [6.45, 7) is 11.5. The number of quaternary nitrogens is 4. The van der Waals surface area contributed by atoms with Crippen LogP contribution in [0.3, 0.4) is 0 Å². The van der Waals surface area contributed by atoms with E-state index in [4.69, 9.17) is 11.5 Å². The van der Waals surface area contributed by atoms with Crippen LogP contribution in [0.2, 0.25) is 0 Å². The van der Waals surface area contributed by atoms with Crippen LogP contribution in [0.25, 0.3) is 0 Å². The molecule has 0 bridgehead atoms. The molecule has 176 valence electrons. The molecular formula is C12H44Ge2N8S6. The van der Waals surface area contributed by atoms with Crippen LogP contribution in [-0.2, 0) is 54.0 Å². The maximum absolute atomic E-state index is 5.41. The number of rotatable bonds is 12. The van der Waals surface area contributed by atoms with Crippen molar-refractivity contribution in [1.29, 1.82) is 0 Å². The van der Waals surface area contributed by atoms with E-state index in [1.165, 1.54) is 0 Å². The molecule has 0 aromatic rings. The third kappa shape index (κ3) is 36.3. The zero-order valence-electron chi connectivity index (χ0n) is 17.0. The van der Waals surface area contributed by atoms with Crippen molar-refractivity contribution in [3.05, 3.63) is 0 Å². The SMILES string of the molecule is NCCN(CC[NH3+])CC[NH3+].NCCN(CC[NH3+])CC[NH3+].[SH-].[SH-].[SH-].[SH-].[S]1[Ge][S][Ge]1. The molecule has 0 aliphatic carbocycles. The Morgan fingerprint density at radius 1 is 0.536 bits per heavy atom. The molecule has 4 radical (unpaired) electrons. The molecular weight excluding hydrogens is 594 g/mol. The molecule has 16 N–H and O–H groups in total. The molecule has 0 spiro atoms. The molecule has 0 aromatic heterocycles. The summed E-state index contributed by atoms with van der Waals surface area (Å²) in [5.41, 5.74) is 26.0. The molecule has 1 aliphatic heterocycles. The standard InChI is InChI=1S/2C6H18N4.Ge2S2.4H2S/c2*7-1-4-10(5-2-8)6-3-9;1-3-2-4-1;;;;/h2*1-9H2;;4*1H2. The summed E-state index contributed by atoms with van der Waals surface area (Å²) in [7, 11) is 4.50. The predicted octanol–water partition coefficient (Wildman–Crippen LogP) is -7.08. The average Bonchev–Trinajstić information content (AvgIpc) is 2.48. The molecule has 28 heavy (non-hydrogen) atoms. The van der Waals surface area contributed by atoms with E-state index in [2.05, 4.69) is 49.6 Å². The molecule has 1 fully saturated rings. The third-order valence-corrected chi connectivity index (χ3v) is 43.3. The first-order valence-corrected chi connectivity index (χ1v) is 20.4. The van der Waals surface area contributed by atoms with E-state index in [1.54, 1.807) is 0 Å². The number of nitrogens with two attached hydrogens (primary N) is 2. The van der Waals surface area contributed by atoms with Crippen LogP contribution in [0.4, 0.5) is 0 Å². The summed E-state index contributed by atoms with van der Waals surface area (Å²) in [6.07, 6.45) is 0. The zero-order valence-corrected chi connectivity index (χ0v) is 26.4. The van der Waals surface area contributed by atoms with Crippen molar-refractivity contribution < 1.29 is 22.9 Å². The molecule has 0 atom stereocenters. The van der Waals surface area contributed by atoms with E-state index >= 15 is 0 Å². The second kappa shape index (κ2) is 40.2. The average molecular weight is 638 g/mol. The molecule has 8 nitrogen and oxygen atoms in total. The van der Waals surface area contributed by atoms with Gasteiger partial charge in [0.1, 0.15) is 0 Å². The molecule has 1 aliphatic rings. The first kappa shape index (κ1) is 44.5. The van der Waals surface area contributed by atoms with Crippen LogP contribution in [-0.4, -0.2) is 115 Å². The van der Waals surface area contributed by atoms with Gasteiger partial charge in [0.15, 0.2) is 0 Å². The van der Waals surface area contributed by atoms with Gasteiger partial charge in [-0.3, -0.25) is 9.80 Å². The summed E-state index contributed by atoms with van der Waals surface area (Å²) in [5, 5.41) is 0. The second-order valence-electron chi connectivity index (χ2n) is 5.05. The molecule has 1 saturated heterocycles. The van der Waals surface area contributed by atoms with Gasteiger partial charge in [-0.1, -0.05) is 0 Å². The van der Waals surface area contributed by atoms with Gasteiger partial charge < -0.3 is 88.4 Å².